The fraction of sp³-hybridized carbons (Fsp3) is 0.154. The van der Waals surface area contributed by atoms with Crippen LogP contribution in [0.15, 0.2) is 97.3 Å². The first kappa shape index (κ1) is 21.4. The van der Waals surface area contributed by atoms with Crippen LogP contribution in [0.4, 0.5) is 0 Å². The SMILES string of the molecule is c1ccc(Cn2cc(COc3cccc(OCc4cnnn4Cc4ccccc4)c3)nn2)cc1. The first-order chi connectivity index (χ1) is 16.8. The maximum atomic E-state index is 5.98. The van der Waals surface area contributed by atoms with Gasteiger partial charge >= 0.3 is 0 Å². The van der Waals surface area contributed by atoms with Gasteiger partial charge in [0.05, 0.1) is 31.2 Å². The molecule has 2 aromatic heterocycles. The highest BCUT2D eigenvalue weighted by Gasteiger charge is 2.08. The van der Waals surface area contributed by atoms with Crippen LogP contribution >= 0.6 is 0 Å². The molecule has 0 radical (unpaired) electrons. The Hall–Kier alpha value is -4.46. The van der Waals surface area contributed by atoms with Crippen molar-refractivity contribution >= 4 is 0 Å². The van der Waals surface area contributed by atoms with E-state index >= 15 is 0 Å². The Morgan fingerprint density at radius 2 is 1.35 bits per heavy atom. The Labute approximate surface area is 197 Å². The average Bonchev–Trinajstić information content (AvgIpc) is 3.52. The number of rotatable bonds is 10. The summed E-state index contributed by atoms with van der Waals surface area (Å²) in [4.78, 5) is 0. The highest BCUT2D eigenvalue weighted by molar-refractivity contribution is 5.33. The molecule has 34 heavy (non-hydrogen) atoms. The lowest BCUT2D eigenvalue weighted by Crippen LogP contribution is -2.09. The number of benzene rings is 3. The lowest BCUT2D eigenvalue weighted by molar-refractivity contribution is 0.281. The van der Waals surface area contributed by atoms with E-state index in [0.717, 1.165) is 17.0 Å². The third kappa shape index (κ3) is 5.66. The molecular weight excluding hydrogens is 428 g/mol. The topological polar surface area (TPSA) is 79.9 Å². The van der Waals surface area contributed by atoms with Gasteiger partial charge in [0.1, 0.15) is 30.4 Å². The molecule has 0 aliphatic heterocycles. The van der Waals surface area contributed by atoms with Crippen LogP contribution in [-0.4, -0.2) is 30.0 Å². The first-order valence-electron chi connectivity index (χ1n) is 11.0. The van der Waals surface area contributed by atoms with Crippen LogP contribution < -0.4 is 9.47 Å². The van der Waals surface area contributed by atoms with E-state index < -0.39 is 0 Å². The predicted molar refractivity (Wildman–Crippen MR) is 126 cm³/mol. The molecule has 0 aliphatic rings. The molecule has 8 heteroatoms. The summed E-state index contributed by atoms with van der Waals surface area (Å²) < 4.78 is 15.5. The van der Waals surface area contributed by atoms with E-state index in [1.807, 2.05) is 71.5 Å². The van der Waals surface area contributed by atoms with Gasteiger partial charge in [-0.05, 0) is 23.3 Å². The van der Waals surface area contributed by atoms with Gasteiger partial charge in [0.2, 0.25) is 0 Å². The van der Waals surface area contributed by atoms with E-state index in [-0.39, 0.29) is 0 Å². The molecule has 5 rings (SSSR count). The molecule has 2 heterocycles. The van der Waals surface area contributed by atoms with Crippen molar-refractivity contribution in [2.75, 3.05) is 0 Å². The quantitative estimate of drug-likeness (QED) is 0.317. The molecule has 0 aliphatic carbocycles. The second kappa shape index (κ2) is 10.4. The van der Waals surface area contributed by atoms with E-state index in [9.17, 15) is 0 Å². The molecular formula is C26H24N6O2. The van der Waals surface area contributed by atoms with Gasteiger partial charge in [-0.15, -0.1) is 10.2 Å². The zero-order valence-corrected chi connectivity index (χ0v) is 18.6. The predicted octanol–water partition coefficient (Wildman–Crippen LogP) is 4.12. The van der Waals surface area contributed by atoms with Gasteiger partial charge in [-0.3, -0.25) is 0 Å². The number of hydrogen-bond acceptors (Lipinski definition) is 6. The summed E-state index contributed by atoms with van der Waals surface area (Å²) in [5.41, 5.74) is 3.98. The smallest absolute Gasteiger partial charge is 0.134 e. The van der Waals surface area contributed by atoms with Crippen molar-refractivity contribution in [3.63, 3.8) is 0 Å². The van der Waals surface area contributed by atoms with Crippen LogP contribution in [0.3, 0.4) is 0 Å². The molecule has 170 valence electrons. The molecule has 0 atom stereocenters. The third-order valence-electron chi connectivity index (χ3n) is 5.23. The average molecular weight is 453 g/mol. The van der Waals surface area contributed by atoms with Crippen LogP contribution in [0.1, 0.15) is 22.5 Å². The van der Waals surface area contributed by atoms with E-state index in [4.69, 9.17) is 9.47 Å². The van der Waals surface area contributed by atoms with Gasteiger partial charge < -0.3 is 9.47 Å². The Kier molecular flexibility index (Phi) is 6.57. The zero-order valence-electron chi connectivity index (χ0n) is 18.6. The van der Waals surface area contributed by atoms with Crippen molar-refractivity contribution in [3.05, 3.63) is 120 Å². The van der Waals surface area contributed by atoms with Crippen molar-refractivity contribution in [1.82, 2.24) is 30.0 Å². The highest BCUT2D eigenvalue weighted by atomic mass is 16.5. The number of aromatic nitrogens is 6. The van der Waals surface area contributed by atoms with Gasteiger partial charge in [-0.25, -0.2) is 9.36 Å². The molecule has 0 unspecified atom stereocenters. The minimum absolute atomic E-state index is 0.325. The molecule has 0 fully saturated rings. The van der Waals surface area contributed by atoms with Crippen LogP contribution in [0, 0.1) is 0 Å². The van der Waals surface area contributed by atoms with Crippen molar-refractivity contribution in [3.8, 4) is 11.5 Å². The van der Waals surface area contributed by atoms with Gasteiger partial charge in [-0.1, -0.05) is 77.2 Å². The van der Waals surface area contributed by atoms with Crippen molar-refractivity contribution < 1.29 is 9.47 Å². The van der Waals surface area contributed by atoms with Crippen molar-refractivity contribution in [2.24, 2.45) is 0 Å². The Balaban J connectivity index is 1.15. The van der Waals surface area contributed by atoms with Crippen LogP contribution in [0.25, 0.3) is 0 Å². The molecule has 8 nitrogen and oxygen atoms in total. The number of hydrogen-bond donors (Lipinski definition) is 0. The largest absolute Gasteiger partial charge is 0.487 e. The summed E-state index contributed by atoms with van der Waals surface area (Å²) in [6.45, 7) is 2.00. The fourth-order valence-electron chi connectivity index (χ4n) is 3.50. The summed E-state index contributed by atoms with van der Waals surface area (Å²) in [5.74, 6) is 1.41. The maximum absolute atomic E-state index is 5.98. The van der Waals surface area contributed by atoms with E-state index in [1.165, 1.54) is 5.56 Å². The molecule has 5 aromatic rings. The number of ether oxygens (including phenoxy) is 2. The molecule has 0 saturated carbocycles. The number of nitrogens with zero attached hydrogens (tertiary/aromatic N) is 6. The molecule has 0 bridgehead atoms. The van der Waals surface area contributed by atoms with Crippen molar-refractivity contribution in [2.45, 2.75) is 26.3 Å². The molecule has 0 spiro atoms. The minimum atomic E-state index is 0.325. The van der Waals surface area contributed by atoms with Crippen molar-refractivity contribution in [1.29, 1.82) is 0 Å². The standard InChI is InChI=1S/C26H24N6O2/c1-3-8-21(9-4-1)16-31-18-23(28-30-31)19-33-25-12-7-13-26(14-25)34-20-24-15-27-29-32(24)17-22-10-5-2-6-11-22/h1-15,18H,16-17,19-20H2. The molecule has 0 saturated heterocycles. The van der Waals surface area contributed by atoms with E-state index in [0.29, 0.717) is 37.8 Å². The molecule has 0 N–H and O–H groups in total. The van der Waals surface area contributed by atoms with Crippen LogP contribution in [0.5, 0.6) is 11.5 Å². The Morgan fingerprint density at radius 1 is 0.676 bits per heavy atom. The van der Waals surface area contributed by atoms with Gasteiger partial charge in [0, 0.05) is 6.07 Å². The summed E-state index contributed by atoms with van der Waals surface area (Å²) in [6.07, 6.45) is 3.62. The van der Waals surface area contributed by atoms with Gasteiger partial charge in [-0.2, -0.15) is 0 Å². The lowest BCUT2D eigenvalue weighted by Gasteiger charge is -2.10. The maximum Gasteiger partial charge on any atom is 0.134 e. The Morgan fingerprint density at radius 3 is 2.09 bits per heavy atom. The molecule has 0 amide bonds. The van der Waals surface area contributed by atoms with Gasteiger partial charge in [0.15, 0.2) is 0 Å². The van der Waals surface area contributed by atoms with Crippen LogP contribution in [-0.2, 0) is 26.3 Å². The summed E-state index contributed by atoms with van der Waals surface area (Å²) in [6, 6.07) is 27.8. The fourth-order valence-corrected chi connectivity index (χ4v) is 3.50. The van der Waals surface area contributed by atoms with Crippen LogP contribution in [0.2, 0.25) is 0 Å². The monoisotopic (exact) mass is 452 g/mol. The lowest BCUT2D eigenvalue weighted by atomic mass is 10.2. The summed E-state index contributed by atoms with van der Waals surface area (Å²) in [7, 11) is 0. The van der Waals surface area contributed by atoms with E-state index in [1.54, 1.807) is 10.9 Å². The zero-order chi connectivity index (χ0) is 23.0. The summed E-state index contributed by atoms with van der Waals surface area (Å²) >= 11 is 0. The second-order valence-electron chi connectivity index (χ2n) is 7.81. The van der Waals surface area contributed by atoms with E-state index in [2.05, 4.69) is 44.9 Å². The Bertz CT molecular complexity index is 1320. The normalized spacial score (nSPS) is 10.8. The third-order valence-corrected chi connectivity index (χ3v) is 5.23. The van der Waals surface area contributed by atoms with Gasteiger partial charge in [0.25, 0.3) is 0 Å². The molecule has 3 aromatic carbocycles. The minimum Gasteiger partial charge on any atom is -0.487 e. The summed E-state index contributed by atoms with van der Waals surface area (Å²) in [5, 5.41) is 16.6. The highest BCUT2D eigenvalue weighted by Crippen LogP contribution is 2.21. The first-order valence-corrected chi connectivity index (χ1v) is 11.0. The second-order valence-corrected chi connectivity index (χ2v) is 7.81.